The van der Waals surface area contributed by atoms with Gasteiger partial charge in [-0.1, -0.05) is 23.4 Å². The van der Waals surface area contributed by atoms with Crippen LogP contribution in [0.2, 0.25) is 0 Å². The molecule has 6 nitrogen and oxygen atoms in total. The maximum atomic E-state index is 9.16. The van der Waals surface area contributed by atoms with E-state index in [2.05, 4.69) is 10.5 Å². The summed E-state index contributed by atoms with van der Waals surface area (Å²) in [5, 5.41) is 14.6. The summed E-state index contributed by atoms with van der Waals surface area (Å²) >= 11 is 0. The minimum atomic E-state index is 0.271. The van der Waals surface area contributed by atoms with Crippen molar-refractivity contribution in [2.24, 2.45) is 5.16 Å². The Hall–Kier alpha value is -2.73. The standard InChI is InChI=1S/C20H26N2O4/c1-15-5-4-6-18(11-15)26-14-17(22-23)13-21-10-9-16-7-8-19(24-2)20(12-16)25-3/h4-8,11-12,21,23H,9-10,13-14H2,1-3H3/p+1/b22-17+. The highest BCUT2D eigenvalue weighted by atomic mass is 16.5. The molecule has 0 atom stereocenters. The van der Waals surface area contributed by atoms with Crippen LogP contribution in [0.4, 0.5) is 0 Å². The van der Waals surface area contributed by atoms with Crippen molar-refractivity contribution >= 4 is 5.71 Å². The van der Waals surface area contributed by atoms with Gasteiger partial charge in [0.2, 0.25) is 0 Å². The molecule has 6 heteroatoms. The van der Waals surface area contributed by atoms with Crippen LogP contribution in [0.3, 0.4) is 0 Å². The molecule has 0 aromatic heterocycles. The second-order valence-corrected chi connectivity index (χ2v) is 5.99. The highest BCUT2D eigenvalue weighted by Crippen LogP contribution is 2.27. The second-order valence-electron chi connectivity index (χ2n) is 5.99. The Labute approximate surface area is 154 Å². The third-order valence-corrected chi connectivity index (χ3v) is 4.00. The summed E-state index contributed by atoms with van der Waals surface area (Å²) in [7, 11) is 3.26. The average Bonchev–Trinajstić information content (AvgIpc) is 2.67. The molecule has 0 aliphatic heterocycles. The Morgan fingerprint density at radius 3 is 2.58 bits per heavy atom. The normalized spacial score (nSPS) is 11.3. The van der Waals surface area contributed by atoms with E-state index in [1.54, 1.807) is 14.2 Å². The van der Waals surface area contributed by atoms with Crippen molar-refractivity contribution in [1.82, 2.24) is 0 Å². The van der Waals surface area contributed by atoms with E-state index in [1.807, 2.05) is 49.4 Å². The van der Waals surface area contributed by atoms with Crippen molar-refractivity contribution in [3.05, 3.63) is 53.6 Å². The molecule has 0 spiro atoms. The van der Waals surface area contributed by atoms with Gasteiger partial charge in [-0.3, -0.25) is 0 Å². The molecular weight excluding hydrogens is 332 g/mol. The third kappa shape index (κ3) is 5.97. The van der Waals surface area contributed by atoms with E-state index in [1.165, 1.54) is 0 Å². The van der Waals surface area contributed by atoms with Gasteiger partial charge in [-0.2, -0.15) is 0 Å². The molecule has 2 aromatic carbocycles. The van der Waals surface area contributed by atoms with Gasteiger partial charge in [0, 0.05) is 6.42 Å². The predicted octanol–water partition coefficient (Wildman–Crippen LogP) is 2.03. The van der Waals surface area contributed by atoms with Crippen LogP contribution in [0, 0.1) is 6.92 Å². The van der Waals surface area contributed by atoms with Gasteiger partial charge >= 0.3 is 0 Å². The minimum absolute atomic E-state index is 0.271. The van der Waals surface area contributed by atoms with Gasteiger partial charge in [0.25, 0.3) is 0 Å². The molecule has 2 aromatic rings. The zero-order valence-corrected chi connectivity index (χ0v) is 15.6. The van der Waals surface area contributed by atoms with Crippen molar-refractivity contribution in [3.8, 4) is 17.2 Å². The van der Waals surface area contributed by atoms with E-state index in [9.17, 15) is 0 Å². The van der Waals surface area contributed by atoms with Crippen molar-refractivity contribution < 1.29 is 24.7 Å². The van der Waals surface area contributed by atoms with Crippen LogP contribution in [-0.4, -0.2) is 44.8 Å². The van der Waals surface area contributed by atoms with Crippen LogP contribution in [0.15, 0.2) is 47.6 Å². The monoisotopic (exact) mass is 359 g/mol. The lowest BCUT2D eigenvalue weighted by Gasteiger charge is -2.10. The van der Waals surface area contributed by atoms with E-state index in [4.69, 9.17) is 19.4 Å². The summed E-state index contributed by atoms with van der Waals surface area (Å²) in [6.45, 7) is 3.72. The fourth-order valence-electron chi connectivity index (χ4n) is 2.57. The lowest BCUT2D eigenvalue weighted by atomic mass is 10.1. The lowest BCUT2D eigenvalue weighted by Crippen LogP contribution is -2.86. The summed E-state index contributed by atoms with van der Waals surface area (Å²) < 4.78 is 16.2. The van der Waals surface area contributed by atoms with Crippen molar-refractivity contribution in [3.63, 3.8) is 0 Å². The minimum Gasteiger partial charge on any atom is -0.493 e. The molecule has 26 heavy (non-hydrogen) atoms. The zero-order valence-electron chi connectivity index (χ0n) is 15.6. The predicted molar refractivity (Wildman–Crippen MR) is 101 cm³/mol. The quantitative estimate of drug-likeness (QED) is 0.295. The third-order valence-electron chi connectivity index (χ3n) is 4.00. The molecule has 0 aliphatic carbocycles. The molecule has 0 saturated carbocycles. The molecule has 3 N–H and O–H groups in total. The summed E-state index contributed by atoms with van der Waals surface area (Å²) in [5.74, 6) is 2.23. The summed E-state index contributed by atoms with van der Waals surface area (Å²) in [6.07, 6.45) is 0.873. The average molecular weight is 359 g/mol. The van der Waals surface area contributed by atoms with Crippen molar-refractivity contribution in [1.29, 1.82) is 0 Å². The lowest BCUT2D eigenvalue weighted by molar-refractivity contribution is -0.641. The first-order valence-electron chi connectivity index (χ1n) is 8.58. The topological polar surface area (TPSA) is 76.9 Å². The number of ether oxygens (including phenoxy) is 3. The second kappa shape index (κ2) is 10.3. The van der Waals surface area contributed by atoms with Gasteiger partial charge in [0.05, 0.1) is 20.8 Å². The van der Waals surface area contributed by atoms with E-state index in [0.29, 0.717) is 12.3 Å². The number of aryl methyl sites for hydroxylation is 1. The maximum absolute atomic E-state index is 9.16. The number of nitrogens with two attached hydrogens (primary N) is 1. The Kier molecular flexibility index (Phi) is 7.76. The molecule has 0 bridgehead atoms. The first-order chi connectivity index (χ1) is 12.7. The van der Waals surface area contributed by atoms with Gasteiger partial charge in [-0.05, 0) is 42.3 Å². The number of oxime groups is 1. The summed E-state index contributed by atoms with van der Waals surface area (Å²) in [5.41, 5.74) is 2.89. The molecule has 0 amide bonds. The SMILES string of the molecule is COc1ccc(CC[NH2+]C/C(COc2cccc(C)c2)=N\O)cc1OC. The number of quaternary nitrogens is 1. The van der Waals surface area contributed by atoms with Gasteiger partial charge in [0.1, 0.15) is 24.6 Å². The van der Waals surface area contributed by atoms with Crippen LogP contribution < -0.4 is 19.5 Å². The summed E-state index contributed by atoms with van der Waals surface area (Å²) in [4.78, 5) is 0. The number of methoxy groups -OCH3 is 2. The Morgan fingerprint density at radius 1 is 1.08 bits per heavy atom. The molecule has 0 fully saturated rings. The number of hydrogen-bond acceptors (Lipinski definition) is 5. The Balaban J connectivity index is 1.75. The fraction of sp³-hybridized carbons (Fsp3) is 0.350. The highest BCUT2D eigenvalue weighted by Gasteiger charge is 2.07. The van der Waals surface area contributed by atoms with Crippen LogP contribution in [0.25, 0.3) is 0 Å². The number of hydrogen-bond donors (Lipinski definition) is 2. The number of nitrogens with zero attached hydrogens (tertiary/aromatic N) is 1. The molecule has 0 radical (unpaired) electrons. The smallest absolute Gasteiger partial charge is 0.160 e. The molecular formula is C20H27N2O4+. The molecule has 2 rings (SSSR count). The molecule has 0 unspecified atom stereocenters. The van der Waals surface area contributed by atoms with E-state index in [-0.39, 0.29) is 6.61 Å². The molecule has 0 saturated heterocycles. The maximum Gasteiger partial charge on any atom is 0.160 e. The summed E-state index contributed by atoms with van der Waals surface area (Å²) in [6, 6.07) is 13.7. The van der Waals surface area contributed by atoms with E-state index < -0.39 is 0 Å². The first kappa shape index (κ1) is 19.6. The van der Waals surface area contributed by atoms with Gasteiger partial charge in [-0.25, -0.2) is 0 Å². The first-order valence-corrected chi connectivity index (χ1v) is 8.58. The fourth-order valence-corrected chi connectivity index (χ4v) is 2.57. The van der Waals surface area contributed by atoms with Crippen molar-refractivity contribution in [2.75, 3.05) is 33.9 Å². The van der Waals surface area contributed by atoms with E-state index in [0.717, 1.165) is 41.3 Å². The molecule has 140 valence electrons. The van der Waals surface area contributed by atoms with Gasteiger partial charge < -0.3 is 24.7 Å². The van der Waals surface area contributed by atoms with Crippen LogP contribution in [0.1, 0.15) is 11.1 Å². The molecule has 0 aliphatic rings. The Morgan fingerprint density at radius 2 is 1.88 bits per heavy atom. The number of rotatable bonds is 10. The Bertz CT molecular complexity index is 732. The van der Waals surface area contributed by atoms with Crippen molar-refractivity contribution in [2.45, 2.75) is 13.3 Å². The van der Waals surface area contributed by atoms with Gasteiger partial charge in [-0.15, -0.1) is 0 Å². The zero-order chi connectivity index (χ0) is 18.8. The van der Waals surface area contributed by atoms with Crippen LogP contribution in [-0.2, 0) is 6.42 Å². The highest BCUT2D eigenvalue weighted by molar-refractivity contribution is 5.86. The number of benzene rings is 2. The largest absolute Gasteiger partial charge is 0.493 e. The van der Waals surface area contributed by atoms with E-state index >= 15 is 0 Å². The van der Waals surface area contributed by atoms with Crippen LogP contribution in [0.5, 0.6) is 17.2 Å². The van der Waals surface area contributed by atoms with Gasteiger partial charge in [0.15, 0.2) is 11.5 Å². The van der Waals surface area contributed by atoms with Crippen LogP contribution >= 0.6 is 0 Å². The molecule has 0 heterocycles.